The lowest BCUT2D eigenvalue weighted by molar-refractivity contribution is -0.117. The van der Waals surface area contributed by atoms with Crippen LogP contribution >= 0.6 is 0 Å². The first-order valence-corrected chi connectivity index (χ1v) is 2.94. The Labute approximate surface area is 58.8 Å². The van der Waals surface area contributed by atoms with Crippen molar-refractivity contribution < 1.29 is 4.79 Å². The number of nitrogens with two attached hydrogens (primary N) is 1. The fourth-order valence-corrected chi connectivity index (χ4v) is 0.709. The molecule has 0 fully saturated rings. The van der Waals surface area contributed by atoms with Crippen molar-refractivity contribution in [2.45, 2.75) is 0 Å². The average molecular weight is 139 g/mol. The molecule has 0 saturated carbocycles. The summed E-state index contributed by atoms with van der Waals surface area (Å²) in [6.07, 6.45) is 5.25. The molecule has 1 aliphatic rings. The lowest BCUT2D eigenvalue weighted by atomic mass is 10.2. The second-order valence-electron chi connectivity index (χ2n) is 1.91. The van der Waals surface area contributed by atoms with Crippen molar-refractivity contribution in [1.82, 2.24) is 10.7 Å². The molecule has 1 amide bonds. The highest BCUT2D eigenvalue weighted by Gasteiger charge is 2.06. The summed E-state index contributed by atoms with van der Waals surface area (Å²) in [5, 5.41) is 2.88. The summed E-state index contributed by atoms with van der Waals surface area (Å²) in [5.74, 6) is 4.67. The normalized spacial score (nSPS) is 15.5. The van der Waals surface area contributed by atoms with Gasteiger partial charge in [-0.25, -0.2) is 5.84 Å². The Kier molecular flexibility index (Phi) is 2.07. The summed E-state index contributed by atoms with van der Waals surface area (Å²) < 4.78 is 0. The van der Waals surface area contributed by atoms with Gasteiger partial charge >= 0.3 is 0 Å². The number of allylic oxidation sites excluding steroid dienone is 2. The first kappa shape index (κ1) is 6.82. The summed E-state index contributed by atoms with van der Waals surface area (Å²) in [6, 6.07) is 0. The van der Waals surface area contributed by atoms with E-state index < -0.39 is 0 Å². The number of rotatable bonds is 1. The fraction of sp³-hybridized carbons (Fsp3) is 0.167. The van der Waals surface area contributed by atoms with Gasteiger partial charge in [0.25, 0.3) is 5.91 Å². The molecule has 0 spiro atoms. The molecule has 0 aliphatic carbocycles. The molecule has 0 unspecified atom stereocenters. The van der Waals surface area contributed by atoms with Crippen LogP contribution in [0, 0.1) is 0 Å². The molecule has 1 heterocycles. The largest absolute Gasteiger partial charge is 0.387 e. The quantitative estimate of drug-likeness (QED) is 0.248. The van der Waals surface area contributed by atoms with Gasteiger partial charge in [-0.15, -0.1) is 0 Å². The number of carbonyl (C=O) groups is 1. The molecule has 1 aliphatic heterocycles. The zero-order valence-electron chi connectivity index (χ0n) is 5.42. The third-order valence-electron chi connectivity index (χ3n) is 1.23. The van der Waals surface area contributed by atoms with Crippen LogP contribution < -0.4 is 16.6 Å². The predicted molar refractivity (Wildman–Crippen MR) is 37.6 cm³/mol. The van der Waals surface area contributed by atoms with Gasteiger partial charge in [0, 0.05) is 12.1 Å². The van der Waals surface area contributed by atoms with Crippen LogP contribution in [-0.2, 0) is 4.79 Å². The standard InChI is InChI=1S/C6H9N3O/c7-9-6(10)5-2-1-3-8-4-5/h1-3,8H,4,7H2,(H,9,10). The molecule has 4 nitrogen and oxygen atoms in total. The van der Waals surface area contributed by atoms with Gasteiger partial charge in [-0.3, -0.25) is 10.2 Å². The van der Waals surface area contributed by atoms with Crippen molar-refractivity contribution >= 4 is 5.91 Å². The Hall–Kier alpha value is -1.29. The van der Waals surface area contributed by atoms with E-state index in [9.17, 15) is 4.79 Å². The summed E-state index contributed by atoms with van der Waals surface area (Å²) in [7, 11) is 0. The number of hydrogen-bond acceptors (Lipinski definition) is 3. The van der Waals surface area contributed by atoms with Gasteiger partial charge in [0.15, 0.2) is 0 Å². The number of hydrazine groups is 1. The lowest BCUT2D eigenvalue weighted by Gasteiger charge is -2.07. The van der Waals surface area contributed by atoms with E-state index in [1.54, 1.807) is 18.4 Å². The van der Waals surface area contributed by atoms with E-state index in [0.717, 1.165) is 0 Å². The molecule has 0 saturated heterocycles. The van der Waals surface area contributed by atoms with E-state index in [1.165, 1.54) is 0 Å². The van der Waals surface area contributed by atoms with Crippen LogP contribution in [0.3, 0.4) is 0 Å². The van der Waals surface area contributed by atoms with Gasteiger partial charge < -0.3 is 5.32 Å². The highest BCUT2D eigenvalue weighted by Crippen LogP contribution is 1.96. The molecule has 54 valence electrons. The second kappa shape index (κ2) is 3.03. The van der Waals surface area contributed by atoms with Gasteiger partial charge in [-0.05, 0) is 12.3 Å². The van der Waals surface area contributed by atoms with Crippen LogP contribution in [0.25, 0.3) is 0 Å². The Bertz CT molecular complexity index is 195. The zero-order chi connectivity index (χ0) is 7.40. The van der Waals surface area contributed by atoms with Crippen LogP contribution in [0.1, 0.15) is 0 Å². The minimum atomic E-state index is -0.239. The molecular weight excluding hydrogens is 130 g/mol. The summed E-state index contributed by atoms with van der Waals surface area (Å²) >= 11 is 0. The number of hydrogen-bond donors (Lipinski definition) is 3. The fourth-order valence-electron chi connectivity index (χ4n) is 0.709. The number of nitrogens with one attached hydrogen (secondary N) is 2. The Morgan fingerprint density at radius 3 is 3.10 bits per heavy atom. The lowest BCUT2D eigenvalue weighted by Crippen LogP contribution is -2.34. The topological polar surface area (TPSA) is 67.1 Å². The van der Waals surface area contributed by atoms with Crippen molar-refractivity contribution in [1.29, 1.82) is 0 Å². The van der Waals surface area contributed by atoms with Crippen molar-refractivity contribution in [2.24, 2.45) is 5.84 Å². The van der Waals surface area contributed by atoms with E-state index in [0.29, 0.717) is 12.1 Å². The number of dihydropyridines is 1. The van der Waals surface area contributed by atoms with Gasteiger partial charge in [-0.1, -0.05) is 6.08 Å². The van der Waals surface area contributed by atoms with E-state index in [2.05, 4.69) is 10.7 Å². The first-order valence-electron chi connectivity index (χ1n) is 2.94. The minimum absolute atomic E-state index is 0.239. The molecule has 0 aromatic carbocycles. The first-order chi connectivity index (χ1) is 4.84. The van der Waals surface area contributed by atoms with E-state index >= 15 is 0 Å². The molecule has 0 aromatic heterocycles. The third kappa shape index (κ3) is 1.35. The van der Waals surface area contributed by atoms with Gasteiger partial charge in [-0.2, -0.15) is 0 Å². The van der Waals surface area contributed by atoms with Gasteiger partial charge in [0.05, 0.1) is 0 Å². The summed E-state index contributed by atoms with van der Waals surface area (Å²) in [4.78, 5) is 10.8. The van der Waals surface area contributed by atoms with Crippen LogP contribution in [0.2, 0.25) is 0 Å². The maximum atomic E-state index is 10.8. The van der Waals surface area contributed by atoms with Gasteiger partial charge in [0.1, 0.15) is 0 Å². The van der Waals surface area contributed by atoms with Crippen LogP contribution in [0.5, 0.6) is 0 Å². The highest BCUT2D eigenvalue weighted by molar-refractivity contribution is 5.93. The van der Waals surface area contributed by atoms with Crippen molar-refractivity contribution in [3.05, 3.63) is 23.9 Å². The molecule has 10 heavy (non-hydrogen) atoms. The van der Waals surface area contributed by atoms with Crippen molar-refractivity contribution in [3.8, 4) is 0 Å². The van der Waals surface area contributed by atoms with Gasteiger partial charge in [0.2, 0.25) is 0 Å². The molecule has 0 radical (unpaired) electrons. The molecule has 4 heteroatoms. The predicted octanol–water partition coefficient (Wildman–Crippen LogP) is -0.980. The SMILES string of the molecule is NNC(=O)C1=CC=CNC1. The van der Waals surface area contributed by atoms with Crippen LogP contribution in [0.15, 0.2) is 23.9 Å². The van der Waals surface area contributed by atoms with E-state index in [4.69, 9.17) is 5.84 Å². The summed E-state index contributed by atoms with van der Waals surface area (Å²) in [6.45, 7) is 0.541. The monoisotopic (exact) mass is 139 g/mol. The minimum Gasteiger partial charge on any atom is -0.387 e. The maximum absolute atomic E-state index is 10.8. The molecule has 4 N–H and O–H groups in total. The average Bonchev–Trinajstić information content (AvgIpc) is 2.05. The molecule has 0 aromatic rings. The Morgan fingerprint density at radius 1 is 1.80 bits per heavy atom. The maximum Gasteiger partial charge on any atom is 0.262 e. The number of amides is 1. The smallest absolute Gasteiger partial charge is 0.262 e. The van der Waals surface area contributed by atoms with Crippen molar-refractivity contribution in [2.75, 3.05) is 6.54 Å². The van der Waals surface area contributed by atoms with E-state index in [1.807, 2.05) is 0 Å². The number of carbonyl (C=O) groups excluding carboxylic acids is 1. The molecule has 1 rings (SSSR count). The van der Waals surface area contributed by atoms with Crippen molar-refractivity contribution in [3.63, 3.8) is 0 Å². The van der Waals surface area contributed by atoms with Crippen LogP contribution in [-0.4, -0.2) is 12.5 Å². The van der Waals surface area contributed by atoms with E-state index in [-0.39, 0.29) is 5.91 Å². The Morgan fingerprint density at radius 2 is 2.60 bits per heavy atom. The molecule has 0 bridgehead atoms. The Balaban J connectivity index is 2.62. The third-order valence-corrected chi connectivity index (χ3v) is 1.23. The van der Waals surface area contributed by atoms with Crippen LogP contribution in [0.4, 0.5) is 0 Å². The molecular formula is C6H9N3O. The zero-order valence-corrected chi connectivity index (χ0v) is 5.42. The summed E-state index contributed by atoms with van der Waals surface area (Å²) in [5.41, 5.74) is 2.70. The second-order valence-corrected chi connectivity index (χ2v) is 1.91. The molecule has 0 atom stereocenters. The highest BCUT2D eigenvalue weighted by atomic mass is 16.2.